The minimum atomic E-state index is 0.914. The van der Waals surface area contributed by atoms with E-state index in [0.29, 0.717) is 0 Å². The molecule has 0 amide bonds. The molecule has 0 bridgehead atoms. The number of hydrogen-bond donors (Lipinski definition) is 0. The smallest absolute Gasteiger partial charge is 0.143 e. The van der Waals surface area contributed by atoms with Crippen molar-refractivity contribution >= 4 is 219 Å². The largest absolute Gasteiger partial charge is 0.456 e. The summed E-state index contributed by atoms with van der Waals surface area (Å²) in [7, 11) is 0. The Morgan fingerprint density at radius 2 is 0.307 bits per heavy atom. The van der Waals surface area contributed by atoms with Crippen LogP contribution in [0.1, 0.15) is 55.6 Å². The molecule has 30 aromatic rings. The first-order valence-corrected chi connectivity index (χ1v) is 47.7. The fourth-order valence-corrected chi connectivity index (χ4v) is 21.3. The zero-order chi connectivity index (χ0) is 94.1. The average molecular weight is 1810 g/mol. The molecule has 0 saturated carbocycles. The monoisotopic (exact) mass is 1810 g/mol. The van der Waals surface area contributed by atoms with Crippen LogP contribution in [-0.4, -0.2) is 0 Å². The van der Waals surface area contributed by atoms with Crippen molar-refractivity contribution in [1.82, 2.24) is 0 Å². The number of rotatable bonds is 5. The molecule has 10 aromatic heterocycles. The summed E-state index contributed by atoms with van der Waals surface area (Å²) >= 11 is 0. The minimum absolute atomic E-state index is 0.914. The molecule has 10 heteroatoms. The first kappa shape index (κ1) is 83.0. The Hall–Kier alpha value is -17.6. The van der Waals surface area contributed by atoms with Gasteiger partial charge in [0.15, 0.2) is 0 Å². The van der Waals surface area contributed by atoms with Gasteiger partial charge in [-0.2, -0.15) is 0 Å². The number of hydrogen-bond acceptors (Lipinski definition) is 10. The van der Waals surface area contributed by atoms with Crippen LogP contribution < -0.4 is 0 Å². The number of para-hydroxylation sites is 10. The Kier molecular flexibility index (Phi) is 19.3. The maximum atomic E-state index is 6.35. The van der Waals surface area contributed by atoms with Crippen LogP contribution in [0.3, 0.4) is 0 Å². The van der Waals surface area contributed by atoms with E-state index < -0.39 is 0 Å². The molecule has 30 rings (SSSR count). The Morgan fingerprint density at radius 1 is 0.121 bits per heavy atom. The SMILES string of the molecule is Cc1ccc2oc3c(-c4ccc5oc6c(C)cccc6c5c4)cccc3c2c1.Cc1ccc2oc3ccc(-c4cccc5c4oc4c(C)cccc45)cc3c2c1.Cc1ccc2oc3ccc(-c4cccc5c4oc4ccc(C)cc45)cc3c2c1.Cc1cccc2c1oc1c(-c3ccc4oc5cccc(C)c5c4c3)cccc12.Cc1cccc2c1oc1ccc(-c3cccc4c3oc3c(C)cccc34)cc12. The van der Waals surface area contributed by atoms with E-state index in [2.05, 4.69) is 409 Å². The van der Waals surface area contributed by atoms with Crippen molar-refractivity contribution in [3.8, 4) is 55.6 Å². The Bertz CT molecular complexity index is 10100. The molecule has 10 heterocycles. The summed E-state index contributed by atoms with van der Waals surface area (Å²) in [5.41, 5.74) is 41.9. The van der Waals surface area contributed by atoms with E-state index in [1.807, 2.05) is 24.3 Å². The maximum absolute atomic E-state index is 6.35. The van der Waals surface area contributed by atoms with E-state index in [4.69, 9.17) is 44.2 Å². The average Bonchev–Trinajstić information content (AvgIpc) is 1.61. The van der Waals surface area contributed by atoms with Gasteiger partial charge in [0, 0.05) is 136 Å². The second kappa shape index (κ2) is 32.6. The lowest BCUT2D eigenvalue weighted by molar-refractivity contribution is 0.665. The molecule has 0 saturated heterocycles. The standard InChI is InChI=1S/5C26H18O2/c1-15-6-4-11-23-24(15)21-14-17(12-13-22(21)27-23)18-8-5-10-20-19-9-3-7-16(2)25(19)28-26(18)20;1-15-6-4-10-21-22-14-17(12-13-23(22)27-24(15)21)18-8-5-11-20-19-9-3-7-16(2)25(19)28-26(18)20;1-15-9-11-23-21(13-15)20-8-4-6-18(26(20)28-23)17-10-12-24-22(14-17)19-7-3-5-16(2)25(19)27-24;1-15-9-11-23-21(13-15)22-14-17(10-12-24(22)27-23)18-6-4-8-20-19-7-3-5-16(2)25(19)28-26(18)20;1-15-7-10-25-20(12-15)19-5-3-4-18(26(19)28-25)17-8-11-24-22(14-17)21-13-16(2)6-9-23(21)27-24/h5*3-14H,1-2H3. The molecule has 140 heavy (non-hydrogen) atoms. The van der Waals surface area contributed by atoms with Crippen molar-refractivity contribution in [2.24, 2.45) is 0 Å². The van der Waals surface area contributed by atoms with Crippen LogP contribution in [0.15, 0.2) is 408 Å². The molecular formula is C130H90O10. The third kappa shape index (κ3) is 13.7. The molecule has 0 N–H and O–H groups in total. The van der Waals surface area contributed by atoms with Gasteiger partial charge < -0.3 is 44.2 Å². The van der Waals surface area contributed by atoms with Gasteiger partial charge in [-0.15, -0.1) is 0 Å². The van der Waals surface area contributed by atoms with Gasteiger partial charge >= 0.3 is 0 Å². The lowest BCUT2D eigenvalue weighted by Gasteiger charge is -2.03. The first-order valence-electron chi connectivity index (χ1n) is 47.7. The third-order valence-corrected chi connectivity index (χ3v) is 28.4. The Morgan fingerprint density at radius 3 is 0.614 bits per heavy atom. The highest BCUT2D eigenvalue weighted by Gasteiger charge is 2.24. The predicted molar refractivity (Wildman–Crippen MR) is 580 cm³/mol. The van der Waals surface area contributed by atoms with Crippen LogP contribution in [0.2, 0.25) is 0 Å². The van der Waals surface area contributed by atoms with E-state index in [1.165, 1.54) is 60.1 Å². The molecule has 670 valence electrons. The van der Waals surface area contributed by atoms with Crippen LogP contribution in [0.5, 0.6) is 0 Å². The van der Waals surface area contributed by atoms with E-state index >= 15 is 0 Å². The summed E-state index contributed by atoms with van der Waals surface area (Å²) in [6.07, 6.45) is 0. The number of benzene rings is 20. The predicted octanol–water partition coefficient (Wildman–Crippen LogP) is 38.8. The van der Waals surface area contributed by atoms with Crippen molar-refractivity contribution in [1.29, 1.82) is 0 Å². The highest BCUT2D eigenvalue weighted by atomic mass is 16.4. The molecule has 0 atom stereocenters. The molecule has 0 fully saturated rings. The van der Waals surface area contributed by atoms with Gasteiger partial charge in [0.25, 0.3) is 0 Å². The van der Waals surface area contributed by atoms with E-state index in [9.17, 15) is 0 Å². The van der Waals surface area contributed by atoms with Gasteiger partial charge in [-0.3, -0.25) is 0 Å². The van der Waals surface area contributed by atoms with Crippen LogP contribution in [-0.2, 0) is 0 Å². The van der Waals surface area contributed by atoms with Crippen molar-refractivity contribution in [3.63, 3.8) is 0 Å². The zero-order valence-corrected chi connectivity index (χ0v) is 78.7. The number of aryl methyl sites for hydroxylation is 10. The molecule has 0 aliphatic carbocycles. The van der Waals surface area contributed by atoms with Gasteiger partial charge in [0.2, 0.25) is 0 Å². The second-order valence-electron chi connectivity index (χ2n) is 37.7. The van der Waals surface area contributed by atoms with E-state index in [-0.39, 0.29) is 0 Å². The van der Waals surface area contributed by atoms with Gasteiger partial charge in [0.1, 0.15) is 112 Å². The van der Waals surface area contributed by atoms with Crippen molar-refractivity contribution < 1.29 is 44.2 Å². The van der Waals surface area contributed by atoms with Crippen LogP contribution in [0.4, 0.5) is 0 Å². The number of furan rings is 10. The first-order chi connectivity index (χ1) is 68.5. The van der Waals surface area contributed by atoms with Crippen molar-refractivity contribution in [2.75, 3.05) is 0 Å². The lowest BCUT2D eigenvalue weighted by Crippen LogP contribution is -1.80. The molecule has 0 aliphatic rings. The molecule has 0 unspecified atom stereocenters. The third-order valence-electron chi connectivity index (χ3n) is 28.4. The lowest BCUT2D eigenvalue weighted by atomic mass is 9.99. The summed E-state index contributed by atoms with van der Waals surface area (Å²) in [6, 6.07) is 127. The molecule has 0 aliphatic heterocycles. The summed E-state index contributed by atoms with van der Waals surface area (Å²) in [5.74, 6) is 0. The quantitative estimate of drug-likeness (QED) is 0.164. The molecule has 10 nitrogen and oxygen atoms in total. The molecule has 20 aromatic carbocycles. The highest BCUT2D eigenvalue weighted by Crippen LogP contribution is 2.48. The summed E-state index contributed by atoms with van der Waals surface area (Å²) in [4.78, 5) is 0. The fourth-order valence-electron chi connectivity index (χ4n) is 21.3. The molecule has 0 spiro atoms. The summed E-state index contributed by atoms with van der Waals surface area (Å²) in [5, 5.41) is 23.1. The van der Waals surface area contributed by atoms with Gasteiger partial charge in [-0.25, -0.2) is 0 Å². The topological polar surface area (TPSA) is 131 Å². The van der Waals surface area contributed by atoms with Gasteiger partial charge in [-0.1, -0.05) is 271 Å². The van der Waals surface area contributed by atoms with Gasteiger partial charge in [0.05, 0.1) is 0 Å². The van der Waals surface area contributed by atoms with Crippen LogP contribution in [0.25, 0.3) is 275 Å². The van der Waals surface area contributed by atoms with Crippen LogP contribution in [0, 0.1) is 69.2 Å². The molecular weight excluding hydrogens is 1720 g/mol. The maximum Gasteiger partial charge on any atom is 0.143 e. The summed E-state index contributed by atoms with van der Waals surface area (Å²) < 4.78 is 61.9. The fraction of sp³-hybridized carbons (Fsp3) is 0.0769. The van der Waals surface area contributed by atoms with E-state index in [1.54, 1.807) is 0 Å². The van der Waals surface area contributed by atoms with Crippen molar-refractivity contribution in [2.45, 2.75) is 69.2 Å². The Balaban J connectivity index is 0.0000000900. The minimum Gasteiger partial charge on any atom is -0.456 e. The number of fused-ring (bicyclic) bond motifs is 30. The zero-order valence-electron chi connectivity index (χ0n) is 78.7. The summed E-state index contributed by atoms with van der Waals surface area (Å²) in [6.45, 7) is 21.0. The van der Waals surface area contributed by atoms with E-state index in [0.717, 1.165) is 271 Å². The second-order valence-corrected chi connectivity index (χ2v) is 37.7. The highest BCUT2D eigenvalue weighted by molar-refractivity contribution is 6.19. The molecule has 0 radical (unpaired) electrons. The van der Waals surface area contributed by atoms with Crippen LogP contribution >= 0.6 is 0 Å². The van der Waals surface area contributed by atoms with Crippen molar-refractivity contribution in [3.05, 3.63) is 420 Å². The normalized spacial score (nSPS) is 11.9. The van der Waals surface area contributed by atoms with Gasteiger partial charge in [-0.05, 0) is 246 Å². The Labute approximate surface area is 802 Å².